The van der Waals surface area contributed by atoms with Crippen LogP contribution in [0.2, 0.25) is 0 Å². The van der Waals surface area contributed by atoms with Gasteiger partial charge in [0.15, 0.2) is 5.70 Å². The third kappa shape index (κ3) is 3.13. The van der Waals surface area contributed by atoms with E-state index in [9.17, 15) is 10.1 Å². The highest BCUT2D eigenvalue weighted by Crippen LogP contribution is 2.05. The smallest absolute Gasteiger partial charge is 0.289 e. The zero-order valence-corrected chi connectivity index (χ0v) is 6.45. The molecule has 0 amide bonds. The summed E-state index contributed by atoms with van der Waals surface area (Å²) in [5, 5.41) is 12.1. The molecule has 0 aromatic heterocycles. The first-order valence-corrected chi connectivity index (χ1v) is 3.96. The molecule has 0 saturated carbocycles. The molecular weight excluding hydrogens is 144 g/mol. The van der Waals surface area contributed by atoms with Crippen molar-refractivity contribution < 1.29 is 10.2 Å². The average molecular weight is 157 g/mol. The second-order valence-corrected chi connectivity index (χ2v) is 2.79. The number of nitrogens with zero attached hydrogens (tertiary/aromatic N) is 1. The van der Waals surface area contributed by atoms with Gasteiger partial charge in [0.05, 0.1) is 11.5 Å². The van der Waals surface area contributed by atoms with Crippen molar-refractivity contribution in [1.29, 1.82) is 0 Å². The maximum atomic E-state index is 10.1. The fraction of sp³-hybridized carbons (Fsp3) is 0.714. The summed E-state index contributed by atoms with van der Waals surface area (Å²) in [4.78, 5) is 9.72. The maximum Gasteiger partial charge on any atom is 0.289 e. The largest absolute Gasteiger partial charge is 0.312 e. The van der Waals surface area contributed by atoms with Crippen LogP contribution in [0.3, 0.4) is 0 Å². The Balaban J connectivity index is 2.48. The van der Waals surface area contributed by atoms with E-state index in [1.165, 1.54) is 12.8 Å². The first kappa shape index (κ1) is 8.20. The second-order valence-electron chi connectivity index (χ2n) is 2.79. The quantitative estimate of drug-likeness (QED) is 0.438. The summed E-state index contributed by atoms with van der Waals surface area (Å²) in [5.74, 6) is 0. The highest BCUT2D eigenvalue weighted by atomic mass is 16.6. The molecule has 2 N–H and O–H groups in total. The van der Waals surface area contributed by atoms with Crippen molar-refractivity contribution in [2.75, 3.05) is 6.54 Å². The summed E-state index contributed by atoms with van der Waals surface area (Å²) in [6, 6.07) is 0. The van der Waals surface area contributed by atoms with Crippen molar-refractivity contribution in [3.8, 4) is 0 Å². The van der Waals surface area contributed by atoms with Gasteiger partial charge in [0.2, 0.25) is 0 Å². The van der Waals surface area contributed by atoms with Gasteiger partial charge < -0.3 is 5.32 Å². The lowest BCUT2D eigenvalue weighted by Gasteiger charge is -1.94. The van der Waals surface area contributed by atoms with Gasteiger partial charge in [-0.1, -0.05) is 0 Å². The van der Waals surface area contributed by atoms with Crippen LogP contribution in [0.15, 0.2) is 11.9 Å². The topological polar surface area (TPSA) is 59.8 Å². The van der Waals surface area contributed by atoms with E-state index in [0.717, 1.165) is 31.3 Å². The van der Waals surface area contributed by atoms with E-state index in [1.807, 2.05) is 5.32 Å². The van der Waals surface area contributed by atoms with Crippen molar-refractivity contribution in [1.82, 2.24) is 0 Å². The lowest BCUT2D eigenvalue weighted by atomic mass is 10.2. The minimum absolute atomic E-state index is 0.364. The Morgan fingerprint density at radius 2 is 2.27 bits per heavy atom. The van der Waals surface area contributed by atoms with Gasteiger partial charge in [-0.2, -0.15) is 0 Å². The van der Waals surface area contributed by atoms with Crippen LogP contribution in [0.1, 0.15) is 25.7 Å². The number of quaternary nitrogens is 1. The molecular formula is C7H13N2O2+. The van der Waals surface area contributed by atoms with E-state index in [0.29, 0.717) is 0 Å². The maximum absolute atomic E-state index is 10.1. The number of hydrogen-bond acceptors (Lipinski definition) is 2. The summed E-state index contributed by atoms with van der Waals surface area (Å²) in [6.45, 7) is 1.000. The third-order valence-electron chi connectivity index (χ3n) is 1.85. The minimum atomic E-state index is -0.364. The van der Waals surface area contributed by atoms with Gasteiger partial charge in [0, 0.05) is 6.42 Å². The number of nitro groups is 1. The van der Waals surface area contributed by atoms with Crippen LogP contribution in [0, 0.1) is 10.1 Å². The van der Waals surface area contributed by atoms with Crippen molar-refractivity contribution in [3.63, 3.8) is 0 Å². The summed E-state index contributed by atoms with van der Waals surface area (Å²) in [5.41, 5.74) is 0.896. The standard InChI is InChI=1S/C7H12N2O2/c10-9(11)6-7-4-2-1-3-5-8-7/h6,8H,1-5H2/p+1/b7-6-. The normalized spacial score (nSPS) is 23.1. The Labute approximate surface area is 65.4 Å². The zero-order chi connectivity index (χ0) is 8.10. The van der Waals surface area contributed by atoms with Gasteiger partial charge in [-0.25, -0.2) is 0 Å². The highest BCUT2D eigenvalue weighted by Gasteiger charge is 2.10. The van der Waals surface area contributed by atoms with E-state index >= 15 is 0 Å². The van der Waals surface area contributed by atoms with Gasteiger partial charge >= 0.3 is 0 Å². The summed E-state index contributed by atoms with van der Waals surface area (Å²) in [7, 11) is 0. The summed E-state index contributed by atoms with van der Waals surface area (Å²) < 4.78 is 0. The molecule has 4 nitrogen and oxygen atoms in total. The Morgan fingerprint density at radius 3 is 3.00 bits per heavy atom. The molecule has 0 aromatic carbocycles. The van der Waals surface area contributed by atoms with E-state index in [2.05, 4.69) is 0 Å². The van der Waals surface area contributed by atoms with Gasteiger partial charge in [-0.05, 0) is 19.3 Å². The van der Waals surface area contributed by atoms with Crippen LogP contribution in [0.4, 0.5) is 0 Å². The van der Waals surface area contributed by atoms with Crippen LogP contribution in [-0.4, -0.2) is 11.5 Å². The predicted molar refractivity (Wildman–Crippen MR) is 40.3 cm³/mol. The first-order chi connectivity index (χ1) is 5.29. The van der Waals surface area contributed by atoms with Crippen LogP contribution >= 0.6 is 0 Å². The molecule has 4 heteroatoms. The summed E-state index contributed by atoms with van der Waals surface area (Å²) >= 11 is 0. The van der Waals surface area contributed by atoms with Crippen LogP contribution < -0.4 is 5.32 Å². The molecule has 11 heavy (non-hydrogen) atoms. The van der Waals surface area contributed by atoms with Crippen LogP contribution in [-0.2, 0) is 0 Å². The molecule has 0 unspecified atom stereocenters. The molecule has 0 spiro atoms. The minimum Gasteiger partial charge on any atom is -0.312 e. The lowest BCUT2D eigenvalue weighted by Crippen LogP contribution is -2.81. The molecule has 1 heterocycles. The molecule has 1 saturated heterocycles. The Morgan fingerprint density at radius 1 is 1.45 bits per heavy atom. The molecule has 62 valence electrons. The van der Waals surface area contributed by atoms with Crippen LogP contribution in [0.5, 0.6) is 0 Å². The highest BCUT2D eigenvalue weighted by molar-refractivity contribution is 4.83. The molecule has 0 aliphatic carbocycles. The average Bonchev–Trinajstić information content (AvgIpc) is 2.14. The first-order valence-electron chi connectivity index (χ1n) is 3.96. The SMILES string of the molecule is O=[N+]([O-])/C=C1/CCCCC[NH2+]1. The van der Waals surface area contributed by atoms with Crippen LogP contribution in [0.25, 0.3) is 0 Å². The van der Waals surface area contributed by atoms with E-state index in [1.54, 1.807) is 0 Å². The number of rotatable bonds is 1. The lowest BCUT2D eigenvalue weighted by molar-refractivity contribution is -0.613. The fourth-order valence-electron chi connectivity index (χ4n) is 1.29. The van der Waals surface area contributed by atoms with Crippen molar-refractivity contribution >= 4 is 0 Å². The number of allylic oxidation sites excluding steroid dienone is 1. The van der Waals surface area contributed by atoms with E-state index < -0.39 is 0 Å². The van der Waals surface area contributed by atoms with Gasteiger partial charge in [-0.3, -0.25) is 10.1 Å². The number of hydrogen-bond donors (Lipinski definition) is 1. The predicted octanol–water partition coefficient (Wildman–Crippen LogP) is 0.242. The summed E-state index contributed by atoms with van der Waals surface area (Å²) in [6.07, 6.45) is 5.48. The van der Waals surface area contributed by atoms with E-state index in [4.69, 9.17) is 0 Å². The third-order valence-corrected chi connectivity index (χ3v) is 1.85. The molecule has 0 aromatic rings. The molecule has 0 bridgehead atoms. The van der Waals surface area contributed by atoms with Gasteiger partial charge in [0.25, 0.3) is 6.20 Å². The Hall–Kier alpha value is -0.900. The second kappa shape index (κ2) is 4.08. The van der Waals surface area contributed by atoms with Crippen molar-refractivity contribution in [2.45, 2.75) is 25.7 Å². The van der Waals surface area contributed by atoms with Crippen molar-refractivity contribution in [2.24, 2.45) is 0 Å². The molecule has 0 radical (unpaired) electrons. The van der Waals surface area contributed by atoms with Crippen molar-refractivity contribution in [3.05, 3.63) is 22.0 Å². The molecule has 0 atom stereocenters. The fourth-order valence-corrected chi connectivity index (χ4v) is 1.29. The monoisotopic (exact) mass is 157 g/mol. The zero-order valence-electron chi connectivity index (χ0n) is 6.45. The molecule has 1 aliphatic rings. The van der Waals surface area contributed by atoms with Gasteiger partial charge in [-0.15, -0.1) is 0 Å². The Kier molecular flexibility index (Phi) is 3.04. The molecule has 1 rings (SSSR count). The van der Waals surface area contributed by atoms with E-state index in [-0.39, 0.29) is 4.92 Å². The van der Waals surface area contributed by atoms with Gasteiger partial charge in [0.1, 0.15) is 0 Å². The molecule has 1 aliphatic heterocycles. The number of nitrogens with two attached hydrogens (primary N) is 1. The molecule has 1 fully saturated rings. The Bertz CT molecular complexity index is 167.